The minimum absolute atomic E-state index is 0.189. The van der Waals surface area contributed by atoms with Gasteiger partial charge < -0.3 is 15.2 Å². The summed E-state index contributed by atoms with van der Waals surface area (Å²) in [4.78, 5) is 0. The summed E-state index contributed by atoms with van der Waals surface area (Å²) in [7, 11) is 0. The average molecular weight is 235 g/mol. The number of ether oxygens (including phenoxy) is 1. The van der Waals surface area contributed by atoms with Crippen molar-refractivity contribution in [2.24, 2.45) is 0 Å². The summed E-state index contributed by atoms with van der Waals surface area (Å²) < 4.78 is 5.70. The highest BCUT2D eigenvalue weighted by atomic mass is 16.5. The fourth-order valence-electron chi connectivity index (χ4n) is 2.05. The van der Waals surface area contributed by atoms with Crippen molar-refractivity contribution < 1.29 is 9.84 Å². The summed E-state index contributed by atoms with van der Waals surface area (Å²) in [6.07, 6.45) is 1.72. The van der Waals surface area contributed by atoms with E-state index in [2.05, 4.69) is 29.6 Å². The molecule has 1 aromatic rings. The standard InChI is InChI=1S/C14H21NO2/c1-11(16)2-3-12-4-6-13(7-5-12)14-10-15-8-9-17-14/h4-7,11,14-16H,2-3,8-10H2,1H3. The lowest BCUT2D eigenvalue weighted by Gasteiger charge is -2.24. The molecule has 2 unspecified atom stereocenters. The molecule has 0 saturated carbocycles. The van der Waals surface area contributed by atoms with Crippen LogP contribution in [0.3, 0.4) is 0 Å². The second kappa shape index (κ2) is 6.15. The maximum Gasteiger partial charge on any atom is 0.0949 e. The normalized spacial score (nSPS) is 22.4. The lowest BCUT2D eigenvalue weighted by molar-refractivity contribution is 0.0277. The van der Waals surface area contributed by atoms with E-state index in [0.29, 0.717) is 0 Å². The average Bonchev–Trinajstić information content (AvgIpc) is 2.38. The molecule has 0 radical (unpaired) electrons. The molecular formula is C14H21NO2. The maximum absolute atomic E-state index is 9.24. The number of rotatable bonds is 4. The van der Waals surface area contributed by atoms with E-state index in [4.69, 9.17) is 4.74 Å². The van der Waals surface area contributed by atoms with Crippen LogP contribution in [0, 0.1) is 0 Å². The molecule has 2 N–H and O–H groups in total. The monoisotopic (exact) mass is 235 g/mol. The number of aliphatic hydroxyl groups excluding tert-OH is 1. The minimum atomic E-state index is -0.222. The molecule has 1 aliphatic heterocycles. The van der Waals surface area contributed by atoms with Crippen LogP contribution >= 0.6 is 0 Å². The maximum atomic E-state index is 9.24. The molecule has 1 fully saturated rings. The Balaban J connectivity index is 1.92. The Morgan fingerprint density at radius 3 is 2.76 bits per heavy atom. The first-order valence-electron chi connectivity index (χ1n) is 6.35. The smallest absolute Gasteiger partial charge is 0.0949 e. The van der Waals surface area contributed by atoms with Crippen LogP contribution in [0.5, 0.6) is 0 Å². The van der Waals surface area contributed by atoms with Gasteiger partial charge in [0, 0.05) is 13.1 Å². The molecule has 3 nitrogen and oxygen atoms in total. The van der Waals surface area contributed by atoms with E-state index in [1.807, 2.05) is 6.92 Å². The highest BCUT2D eigenvalue weighted by molar-refractivity contribution is 5.25. The Labute approximate surface area is 103 Å². The summed E-state index contributed by atoms with van der Waals surface area (Å²) in [5.74, 6) is 0. The molecule has 0 aromatic heterocycles. The number of hydrogen-bond acceptors (Lipinski definition) is 3. The highest BCUT2D eigenvalue weighted by Gasteiger charge is 2.14. The van der Waals surface area contributed by atoms with E-state index in [0.717, 1.165) is 32.5 Å². The van der Waals surface area contributed by atoms with Gasteiger partial charge in [-0.2, -0.15) is 0 Å². The molecule has 2 rings (SSSR count). The molecular weight excluding hydrogens is 214 g/mol. The molecule has 0 aliphatic carbocycles. The molecule has 94 valence electrons. The van der Waals surface area contributed by atoms with Crippen LogP contribution < -0.4 is 5.32 Å². The Morgan fingerprint density at radius 2 is 2.18 bits per heavy atom. The predicted molar refractivity (Wildman–Crippen MR) is 68.0 cm³/mol. The zero-order chi connectivity index (χ0) is 12.1. The van der Waals surface area contributed by atoms with Gasteiger partial charge in [0.05, 0.1) is 18.8 Å². The van der Waals surface area contributed by atoms with Crippen molar-refractivity contribution in [3.63, 3.8) is 0 Å². The zero-order valence-electron chi connectivity index (χ0n) is 10.4. The molecule has 1 aromatic carbocycles. The lowest BCUT2D eigenvalue weighted by atomic mass is 10.0. The first-order chi connectivity index (χ1) is 8.25. The van der Waals surface area contributed by atoms with Gasteiger partial charge in [-0.1, -0.05) is 24.3 Å². The van der Waals surface area contributed by atoms with E-state index in [9.17, 15) is 5.11 Å². The van der Waals surface area contributed by atoms with Crippen molar-refractivity contribution >= 4 is 0 Å². The highest BCUT2D eigenvalue weighted by Crippen LogP contribution is 2.19. The third-order valence-electron chi connectivity index (χ3n) is 3.13. The SMILES string of the molecule is CC(O)CCc1ccc(C2CNCCO2)cc1. The Kier molecular flexibility index (Phi) is 4.54. The lowest BCUT2D eigenvalue weighted by Crippen LogP contribution is -2.33. The minimum Gasteiger partial charge on any atom is -0.393 e. The van der Waals surface area contributed by atoms with Crippen LogP contribution in [-0.2, 0) is 11.2 Å². The summed E-state index contributed by atoms with van der Waals surface area (Å²) in [6, 6.07) is 8.54. The summed E-state index contributed by atoms with van der Waals surface area (Å²) in [5, 5.41) is 12.6. The fraction of sp³-hybridized carbons (Fsp3) is 0.571. The fourth-order valence-corrected chi connectivity index (χ4v) is 2.05. The Hall–Kier alpha value is -0.900. The van der Waals surface area contributed by atoms with Crippen LogP contribution in [0.2, 0.25) is 0 Å². The topological polar surface area (TPSA) is 41.5 Å². The van der Waals surface area contributed by atoms with Crippen LogP contribution in [0.4, 0.5) is 0 Å². The van der Waals surface area contributed by atoms with Crippen LogP contribution in [0.1, 0.15) is 30.6 Å². The number of benzene rings is 1. The van der Waals surface area contributed by atoms with Crippen molar-refractivity contribution in [1.82, 2.24) is 5.32 Å². The molecule has 0 spiro atoms. The van der Waals surface area contributed by atoms with Crippen molar-refractivity contribution in [2.45, 2.75) is 32.0 Å². The van der Waals surface area contributed by atoms with E-state index in [1.165, 1.54) is 11.1 Å². The van der Waals surface area contributed by atoms with Gasteiger partial charge in [-0.25, -0.2) is 0 Å². The van der Waals surface area contributed by atoms with Crippen LogP contribution in [0.25, 0.3) is 0 Å². The quantitative estimate of drug-likeness (QED) is 0.834. The van der Waals surface area contributed by atoms with Crippen molar-refractivity contribution in [2.75, 3.05) is 19.7 Å². The van der Waals surface area contributed by atoms with Crippen molar-refractivity contribution in [1.29, 1.82) is 0 Å². The van der Waals surface area contributed by atoms with Gasteiger partial charge in [0.2, 0.25) is 0 Å². The molecule has 0 amide bonds. The number of morpholine rings is 1. The van der Waals surface area contributed by atoms with E-state index in [1.54, 1.807) is 0 Å². The Morgan fingerprint density at radius 1 is 1.41 bits per heavy atom. The van der Waals surface area contributed by atoms with Gasteiger partial charge in [-0.15, -0.1) is 0 Å². The predicted octanol–water partition coefficient (Wildman–Crippen LogP) is 1.66. The van der Waals surface area contributed by atoms with E-state index in [-0.39, 0.29) is 12.2 Å². The van der Waals surface area contributed by atoms with Crippen LogP contribution in [0.15, 0.2) is 24.3 Å². The second-order valence-corrected chi connectivity index (χ2v) is 4.69. The molecule has 3 heteroatoms. The van der Waals surface area contributed by atoms with Gasteiger partial charge in [-0.3, -0.25) is 0 Å². The summed E-state index contributed by atoms with van der Waals surface area (Å²) in [6.45, 7) is 4.46. The largest absolute Gasteiger partial charge is 0.393 e. The van der Waals surface area contributed by atoms with Gasteiger partial charge in [-0.05, 0) is 30.9 Å². The first-order valence-corrected chi connectivity index (χ1v) is 6.35. The molecule has 1 saturated heterocycles. The summed E-state index contributed by atoms with van der Waals surface area (Å²) in [5.41, 5.74) is 2.51. The van der Waals surface area contributed by atoms with Crippen molar-refractivity contribution in [3.8, 4) is 0 Å². The number of nitrogens with one attached hydrogen (secondary N) is 1. The van der Waals surface area contributed by atoms with Gasteiger partial charge in [0.25, 0.3) is 0 Å². The third kappa shape index (κ3) is 3.80. The molecule has 1 aliphatic rings. The molecule has 0 bridgehead atoms. The molecule has 17 heavy (non-hydrogen) atoms. The summed E-state index contributed by atoms with van der Waals surface area (Å²) >= 11 is 0. The van der Waals surface area contributed by atoms with E-state index < -0.39 is 0 Å². The van der Waals surface area contributed by atoms with Crippen LogP contribution in [-0.4, -0.2) is 30.9 Å². The number of aryl methyl sites for hydroxylation is 1. The number of hydrogen-bond donors (Lipinski definition) is 2. The van der Waals surface area contributed by atoms with Gasteiger partial charge in [0.15, 0.2) is 0 Å². The second-order valence-electron chi connectivity index (χ2n) is 4.69. The zero-order valence-corrected chi connectivity index (χ0v) is 10.4. The van der Waals surface area contributed by atoms with Gasteiger partial charge >= 0.3 is 0 Å². The molecule has 2 atom stereocenters. The third-order valence-corrected chi connectivity index (χ3v) is 3.13. The van der Waals surface area contributed by atoms with Crippen molar-refractivity contribution in [3.05, 3.63) is 35.4 Å². The number of aliphatic hydroxyl groups is 1. The molecule has 1 heterocycles. The van der Waals surface area contributed by atoms with E-state index >= 15 is 0 Å². The first kappa shape index (κ1) is 12.6. The van der Waals surface area contributed by atoms with Gasteiger partial charge in [0.1, 0.15) is 0 Å². The Bertz CT molecular complexity index is 329.